The number of rotatable bonds is 5. The molecule has 0 aromatic heterocycles. The molecule has 18 heavy (non-hydrogen) atoms. The lowest BCUT2D eigenvalue weighted by Gasteiger charge is -2.11. The Balaban J connectivity index is 2.05. The third-order valence-electron chi connectivity index (χ3n) is 2.45. The summed E-state index contributed by atoms with van der Waals surface area (Å²) in [6.45, 7) is -2.37. The van der Waals surface area contributed by atoms with Gasteiger partial charge < -0.3 is 10.1 Å². The molecular formula is C14H13F2NO. The van der Waals surface area contributed by atoms with Crippen LogP contribution in [0.5, 0.6) is 5.75 Å². The Kier molecular flexibility index (Phi) is 4.12. The fourth-order valence-corrected chi connectivity index (χ4v) is 1.61. The van der Waals surface area contributed by atoms with Gasteiger partial charge in [-0.3, -0.25) is 0 Å². The number of hydrogen-bond acceptors (Lipinski definition) is 2. The van der Waals surface area contributed by atoms with E-state index in [1.807, 2.05) is 30.3 Å². The van der Waals surface area contributed by atoms with Crippen LogP contribution in [0.1, 0.15) is 5.56 Å². The second-order valence-corrected chi connectivity index (χ2v) is 3.71. The number of ether oxygens (including phenoxy) is 1. The van der Waals surface area contributed by atoms with E-state index in [9.17, 15) is 8.78 Å². The molecule has 0 unspecified atom stereocenters. The molecule has 2 aromatic carbocycles. The SMILES string of the molecule is FC(F)Oc1ccccc1CNc1ccccc1. The van der Waals surface area contributed by atoms with E-state index in [0.29, 0.717) is 12.1 Å². The highest BCUT2D eigenvalue weighted by molar-refractivity contribution is 5.44. The molecule has 0 heterocycles. The second-order valence-electron chi connectivity index (χ2n) is 3.71. The first-order valence-corrected chi connectivity index (χ1v) is 5.57. The normalized spacial score (nSPS) is 10.4. The first kappa shape index (κ1) is 12.4. The maximum atomic E-state index is 12.2. The van der Waals surface area contributed by atoms with E-state index in [4.69, 9.17) is 0 Å². The molecular weight excluding hydrogens is 236 g/mol. The van der Waals surface area contributed by atoms with Crippen molar-refractivity contribution in [3.63, 3.8) is 0 Å². The van der Waals surface area contributed by atoms with E-state index < -0.39 is 6.61 Å². The highest BCUT2D eigenvalue weighted by Gasteiger charge is 2.08. The van der Waals surface area contributed by atoms with Crippen LogP contribution < -0.4 is 10.1 Å². The summed E-state index contributed by atoms with van der Waals surface area (Å²) in [6.07, 6.45) is 0. The summed E-state index contributed by atoms with van der Waals surface area (Å²) >= 11 is 0. The zero-order valence-corrected chi connectivity index (χ0v) is 9.64. The number of halogens is 2. The Morgan fingerprint density at radius 3 is 2.33 bits per heavy atom. The van der Waals surface area contributed by atoms with Crippen molar-refractivity contribution < 1.29 is 13.5 Å². The zero-order chi connectivity index (χ0) is 12.8. The van der Waals surface area contributed by atoms with Gasteiger partial charge in [0.15, 0.2) is 0 Å². The first-order chi connectivity index (χ1) is 8.75. The van der Waals surface area contributed by atoms with Crippen LogP contribution in [-0.4, -0.2) is 6.61 Å². The maximum absolute atomic E-state index is 12.2. The number of anilines is 1. The van der Waals surface area contributed by atoms with E-state index in [1.54, 1.807) is 18.2 Å². The monoisotopic (exact) mass is 249 g/mol. The van der Waals surface area contributed by atoms with E-state index in [-0.39, 0.29) is 5.75 Å². The quantitative estimate of drug-likeness (QED) is 0.867. The Hall–Kier alpha value is -2.10. The van der Waals surface area contributed by atoms with Crippen LogP contribution in [0.25, 0.3) is 0 Å². The van der Waals surface area contributed by atoms with Crippen LogP contribution in [0.4, 0.5) is 14.5 Å². The van der Waals surface area contributed by atoms with E-state index in [2.05, 4.69) is 10.1 Å². The second kappa shape index (κ2) is 6.00. The molecule has 2 nitrogen and oxygen atoms in total. The van der Waals surface area contributed by atoms with Crippen LogP contribution in [0.3, 0.4) is 0 Å². The van der Waals surface area contributed by atoms with Crippen molar-refractivity contribution in [2.75, 3.05) is 5.32 Å². The summed E-state index contributed by atoms with van der Waals surface area (Å²) in [5, 5.41) is 3.15. The van der Waals surface area contributed by atoms with Gasteiger partial charge in [-0.05, 0) is 18.2 Å². The third kappa shape index (κ3) is 3.45. The predicted octanol–water partition coefficient (Wildman–Crippen LogP) is 3.90. The molecule has 0 aliphatic heterocycles. The van der Waals surface area contributed by atoms with Crippen molar-refractivity contribution in [1.29, 1.82) is 0 Å². The molecule has 2 aromatic rings. The standard InChI is InChI=1S/C14H13F2NO/c15-14(16)18-13-9-5-4-6-11(13)10-17-12-7-2-1-3-8-12/h1-9,14,17H,10H2. The molecule has 0 radical (unpaired) electrons. The minimum Gasteiger partial charge on any atom is -0.434 e. The van der Waals surface area contributed by atoms with Crippen molar-refractivity contribution >= 4 is 5.69 Å². The number of alkyl halides is 2. The summed E-state index contributed by atoms with van der Waals surface area (Å²) in [4.78, 5) is 0. The molecule has 2 rings (SSSR count). The smallest absolute Gasteiger partial charge is 0.387 e. The molecule has 0 spiro atoms. The van der Waals surface area contributed by atoms with Crippen molar-refractivity contribution in [3.8, 4) is 5.75 Å². The van der Waals surface area contributed by atoms with Gasteiger partial charge >= 0.3 is 6.61 Å². The van der Waals surface area contributed by atoms with Gasteiger partial charge in [0.1, 0.15) is 5.75 Å². The Morgan fingerprint density at radius 1 is 0.944 bits per heavy atom. The summed E-state index contributed by atoms with van der Waals surface area (Å²) in [6, 6.07) is 16.3. The fourth-order valence-electron chi connectivity index (χ4n) is 1.61. The van der Waals surface area contributed by atoms with Crippen molar-refractivity contribution in [1.82, 2.24) is 0 Å². The van der Waals surface area contributed by atoms with E-state index in [0.717, 1.165) is 5.69 Å². The number of hydrogen-bond donors (Lipinski definition) is 1. The zero-order valence-electron chi connectivity index (χ0n) is 9.64. The van der Waals surface area contributed by atoms with Crippen LogP contribution in [0, 0.1) is 0 Å². The van der Waals surface area contributed by atoms with Crippen molar-refractivity contribution in [2.45, 2.75) is 13.2 Å². The molecule has 0 aliphatic rings. The Bertz CT molecular complexity index is 488. The number of para-hydroxylation sites is 2. The molecule has 0 aliphatic carbocycles. The Labute approximate surface area is 104 Å². The van der Waals surface area contributed by atoms with Gasteiger partial charge in [0.2, 0.25) is 0 Å². The van der Waals surface area contributed by atoms with Gasteiger partial charge in [-0.25, -0.2) is 0 Å². The van der Waals surface area contributed by atoms with Crippen LogP contribution in [-0.2, 0) is 6.54 Å². The summed E-state index contributed by atoms with van der Waals surface area (Å²) in [5.74, 6) is 0.205. The summed E-state index contributed by atoms with van der Waals surface area (Å²) < 4.78 is 28.9. The summed E-state index contributed by atoms with van der Waals surface area (Å²) in [7, 11) is 0. The van der Waals surface area contributed by atoms with Gasteiger partial charge in [-0.15, -0.1) is 0 Å². The van der Waals surface area contributed by atoms with E-state index >= 15 is 0 Å². The lowest BCUT2D eigenvalue weighted by Crippen LogP contribution is -2.07. The molecule has 4 heteroatoms. The first-order valence-electron chi connectivity index (χ1n) is 5.57. The predicted molar refractivity (Wildman–Crippen MR) is 66.8 cm³/mol. The lowest BCUT2D eigenvalue weighted by atomic mass is 10.2. The summed E-state index contributed by atoms with van der Waals surface area (Å²) in [5.41, 5.74) is 1.63. The van der Waals surface area contributed by atoms with Crippen molar-refractivity contribution in [3.05, 3.63) is 60.2 Å². The third-order valence-corrected chi connectivity index (χ3v) is 2.45. The number of benzene rings is 2. The number of nitrogens with one attached hydrogen (secondary N) is 1. The largest absolute Gasteiger partial charge is 0.434 e. The maximum Gasteiger partial charge on any atom is 0.387 e. The van der Waals surface area contributed by atoms with Gasteiger partial charge in [0.05, 0.1) is 0 Å². The molecule has 0 saturated carbocycles. The van der Waals surface area contributed by atoms with Crippen LogP contribution in [0.15, 0.2) is 54.6 Å². The molecule has 94 valence electrons. The molecule has 1 N–H and O–H groups in total. The van der Waals surface area contributed by atoms with Crippen LogP contribution in [0.2, 0.25) is 0 Å². The molecule has 0 atom stereocenters. The molecule has 0 fully saturated rings. The van der Waals surface area contributed by atoms with Gasteiger partial charge in [-0.2, -0.15) is 8.78 Å². The lowest BCUT2D eigenvalue weighted by molar-refractivity contribution is -0.0504. The van der Waals surface area contributed by atoms with Gasteiger partial charge in [0.25, 0.3) is 0 Å². The molecule has 0 bridgehead atoms. The fraction of sp³-hybridized carbons (Fsp3) is 0.143. The molecule has 0 saturated heterocycles. The minimum atomic E-state index is -2.80. The average molecular weight is 249 g/mol. The van der Waals surface area contributed by atoms with E-state index in [1.165, 1.54) is 6.07 Å². The molecule has 0 amide bonds. The highest BCUT2D eigenvalue weighted by atomic mass is 19.3. The Morgan fingerprint density at radius 2 is 1.61 bits per heavy atom. The van der Waals surface area contributed by atoms with Crippen molar-refractivity contribution in [2.24, 2.45) is 0 Å². The highest BCUT2D eigenvalue weighted by Crippen LogP contribution is 2.21. The van der Waals surface area contributed by atoms with Gasteiger partial charge in [0, 0.05) is 17.8 Å². The average Bonchev–Trinajstić information content (AvgIpc) is 2.38. The topological polar surface area (TPSA) is 21.3 Å². The minimum absolute atomic E-state index is 0.205. The van der Waals surface area contributed by atoms with Crippen LogP contribution >= 0.6 is 0 Å². The van der Waals surface area contributed by atoms with Gasteiger partial charge in [-0.1, -0.05) is 36.4 Å².